The maximum Gasteiger partial charge on any atom is 0.150 e. The van der Waals surface area contributed by atoms with Crippen molar-refractivity contribution in [2.45, 2.75) is 20.0 Å². The van der Waals surface area contributed by atoms with E-state index in [4.69, 9.17) is 4.74 Å². The van der Waals surface area contributed by atoms with Gasteiger partial charge in [-0.3, -0.25) is 0 Å². The molecule has 26 heavy (non-hydrogen) atoms. The monoisotopic (exact) mass is 344 g/mol. The first-order valence-electron chi connectivity index (χ1n) is 8.60. The number of aromatic hydroxyl groups is 2. The zero-order valence-electron chi connectivity index (χ0n) is 14.7. The maximum absolute atomic E-state index is 9.86. The molecule has 130 valence electrons. The van der Waals surface area contributed by atoms with Crippen LogP contribution < -0.4 is 4.74 Å². The van der Waals surface area contributed by atoms with Crippen molar-refractivity contribution in [2.24, 2.45) is 0 Å². The summed E-state index contributed by atoms with van der Waals surface area (Å²) in [4.78, 5) is 0. The Hall–Kier alpha value is -3.20. The molecule has 0 aromatic heterocycles. The number of rotatable bonds is 2. The molecule has 4 rings (SSSR count). The Morgan fingerprint density at radius 1 is 0.769 bits per heavy atom. The number of hydrogen-bond donors (Lipinski definition) is 2. The first kappa shape index (κ1) is 16.3. The molecule has 3 aromatic rings. The largest absolute Gasteiger partial charge is 0.508 e. The number of phenolic OH excluding ortho intramolecular Hbond substituents is 2. The van der Waals surface area contributed by atoms with Crippen LogP contribution in [0.5, 0.6) is 17.2 Å². The van der Waals surface area contributed by atoms with Crippen molar-refractivity contribution in [2.75, 3.05) is 0 Å². The summed E-state index contributed by atoms with van der Waals surface area (Å²) in [7, 11) is 0. The lowest BCUT2D eigenvalue weighted by Crippen LogP contribution is -2.16. The number of allylic oxidation sites excluding steroid dienone is 1. The van der Waals surface area contributed by atoms with E-state index in [0.29, 0.717) is 5.75 Å². The second-order valence-corrected chi connectivity index (χ2v) is 6.67. The first-order chi connectivity index (χ1) is 12.5. The van der Waals surface area contributed by atoms with E-state index in [0.717, 1.165) is 27.8 Å². The minimum Gasteiger partial charge on any atom is -0.508 e. The molecule has 0 saturated heterocycles. The molecule has 0 spiro atoms. The number of hydrogen-bond acceptors (Lipinski definition) is 3. The van der Waals surface area contributed by atoms with Gasteiger partial charge in [-0.1, -0.05) is 42.0 Å². The molecule has 3 nitrogen and oxygen atoms in total. The number of fused-ring (bicyclic) bond motifs is 1. The van der Waals surface area contributed by atoms with Crippen molar-refractivity contribution in [1.29, 1.82) is 0 Å². The molecule has 3 heteroatoms. The summed E-state index contributed by atoms with van der Waals surface area (Å²) in [6, 6.07) is 20.7. The number of ether oxygens (including phenoxy) is 1. The summed E-state index contributed by atoms with van der Waals surface area (Å²) in [5.41, 5.74) is 6.37. The molecular formula is C23H20O3. The van der Waals surface area contributed by atoms with Crippen molar-refractivity contribution in [3.05, 3.63) is 89.0 Å². The number of aryl methyl sites for hydroxylation is 1. The Balaban J connectivity index is 1.92. The third kappa shape index (κ3) is 2.82. The molecule has 1 aliphatic heterocycles. The summed E-state index contributed by atoms with van der Waals surface area (Å²) in [6.07, 6.45) is -0.283. The lowest BCUT2D eigenvalue weighted by molar-refractivity contribution is 0.259. The fraction of sp³-hybridized carbons (Fsp3) is 0.130. The second-order valence-electron chi connectivity index (χ2n) is 6.67. The van der Waals surface area contributed by atoms with Crippen LogP contribution in [0.3, 0.4) is 0 Å². The second kappa shape index (κ2) is 6.26. The van der Waals surface area contributed by atoms with E-state index >= 15 is 0 Å². The van der Waals surface area contributed by atoms with Gasteiger partial charge >= 0.3 is 0 Å². The van der Waals surface area contributed by atoms with Crippen LogP contribution in [0.4, 0.5) is 0 Å². The van der Waals surface area contributed by atoms with Gasteiger partial charge in [-0.05, 0) is 54.8 Å². The van der Waals surface area contributed by atoms with Gasteiger partial charge in [0.05, 0.1) is 0 Å². The number of phenols is 2. The van der Waals surface area contributed by atoms with E-state index in [1.165, 1.54) is 5.56 Å². The molecule has 0 saturated carbocycles. The van der Waals surface area contributed by atoms with Gasteiger partial charge in [-0.15, -0.1) is 0 Å². The predicted octanol–water partition coefficient (Wildman–Crippen LogP) is 5.47. The van der Waals surface area contributed by atoms with Crippen LogP contribution >= 0.6 is 0 Å². The van der Waals surface area contributed by atoms with Crippen molar-refractivity contribution < 1.29 is 14.9 Å². The van der Waals surface area contributed by atoms with E-state index < -0.39 is 0 Å². The SMILES string of the molecule is CC1=C(c2ccc(O)cc2)[C@H](c2ccc(C)cc2)Oc2cc(O)ccc21. The fourth-order valence-corrected chi connectivity index (χ4v) is 3.43. The topological polar surface area (TPSA) is 49.7 Å². The van der Waals surface area contributed by atoms with Gasteiger partial charge in [-0.2, -0.15) is 0 Å². The van der Waals surface area contributed by atoms with E-state index in [1.54, 1.807) is 24.3 Å². The Kier molecular flexibility index (Phi) is 3.92. The highest BCUT2D eigenvalue weighted by atomic mass is 16.5. The summed E-state index contributed by atoms with van der Waals surface area (Å²) in [6.45, 7) is 4.13. The van der Waals surface area contributed by atoms with Crippen LogP contribution in [0.2, 0.25) is 0 Å². The van der Waals surface area contributed by atoms with Crippen molar-refractivity contribution in [1.82, 2.24) is 0 Å². The molecule has 3 aromatic carbocycles. The molecule has 0 fully saturated rings. The lowest BCUT2D eigenvalue weighted by atomic mass is 9.86. The molecule has 1 heterocycles. The zero-order valence-corrected chi connectivity index (χ0v) is 14.7. The molecule has 0 unspecified atom stereocenters. The average molecular weight is 344 g/mol. The van der Waals surface area contributed by atoms with Crippen LogP contribution in [0.15, 0.2) is 66.7 Å². The van der Waals surface area contributed by atoms with Gasteiger partial charge in [0.25, 0.3) is 0 Å². The predicted molar refractivity (Wildman–Crippen MR) is 103 cm³/mol. The summed E-state index contributed by atoms with van der Waals surface area (Å²) >= 11 is 0. The van der Waals surface area contributed by atoms with Crippen LogP contribution in [0.1, 0.15) is 35.3 Å². The van der Waals surface area contributed by atoms with Gasteiger partial charge in [0, 0.05) is 17.2 Å². The minimum absolute atomic E-state index is 0.187. The molecule has 0 radical (unpaired) electrons. The minimum atomic E-state index is -0.283. The molecule has 0 aliphatic carbocycles. The summed E-state index contributed by atoms with van der Waals surface area (Å²) in [5, 5.41) is 19.5. The summed E-state index contributed by atoms with van der Waals surface area (Å²) in [5.74, 6) is 1.10. The van der Waals surface area contributed by atoms with E-state index in [-0.39, 0.29) is 17.6 Å². The standard InChI is InChI=1S/C23H20O3/c1-14-3-5-17(6-4-14)23-22(16-7-9-18(24)10-8-16)15(2)20-12-11-19(25)13-21(20)26-23/h3-13,23-25H,1-2H3/t23-/m0/s1. The molecule has 0 bridgehead atoms. The third-order valence-corrected chi connectivity index (χ3v) is 4.84. The van der Waals surface area contributed by atoms with Crippen molar-refractivity contribution in [3.8, 4) is 17.2 Å². The third-order valence-electron chi connectivity index (χ3n) is 4.84. The average Bonchev–Trinajstić information content (AvgIpc) is 2.63. The van der Waals surface area contributed by atoms with Crippen LogP contribution in [-0.4, -0.2) is 10.2 Å². The molecule has 1 aliphatic rings. The maximum atomic E-state index is 9.86. The van der Waals surface area contributed by atoms with Crippen molar-refractivity contribution >= 4 is 11.1 Å². The van der Waals surface area contributed by atoms with Crippen LogP contribution in [0, 0.1) is 6.92 Å². The van der Waals surface area contributed by atoms with Gasteiger partial charge in [-0.25, -0.2) is 0 Å². The Morgan fingerprint density at radius 3 is 2.12 bits per heavy atom. The lowest BCUT2D eigenvalue weighted by Gasteiger charge is -2.31. The molecular weight excluding hydrogens is 324 g/mol. The van der Waals surface area contributed by atoms with Crippen LogP contribution in [-0.2, 0) is 0 Å². The molecule has 0 amide bonds. The van der Waals surface area contributed by atoms with Crippen LogP contribution in [0.25, 0.3) is 11.1 Å². The normalized spacial score (nSPS) is 16.2. The highest BCUT2D eigenvalue weighted by molar-refractivity contribution is 5.95. The zero-order chi connectivity index (χ0) is 18.3. The van der Waals surface area contributed by atoms with Crippen molar-refractivity contribution in [3.63, 3.8) is 0 Å². The van der Waals surface area contributed by atoms with E-state index in [9.17, 15) is 10.2 Å². The highest BCUT2D eigenvalue weighted by Crippen LogP contribution is 2.47. The van der Waals surface area contributed by atoms with Gasteiger partial charge in [0.15, 0.2) is 0 Å². The van der Waals surface area contributed by atoms with E-state index in [1.807, 2.05) is 18.2 Å². The Bertz CT molecular complexity index is 983. The molecule has 2 N–H and O–H groups in total. The molecule has 1 atom stereocenters. The quantitative estimate of drug-likeness (QED) is 0.648. The van der Waals surface area contributed by atoms with Gasteiger partial charge in [0.2, 0.25) is 0 Å². The first-order valence-corrected chi connectivity index (χ1v) is 8.60. The van der Waals surface area contributed by atoms with Gasteiger partial charge < -0.3 is 14.9 Å². The van der Waals surface area contributed by atoms with Gasteiger partial charge in [0.1, 0.15) is 23.4 Å². The smallest absolute Gasteiger partial charge is 0.150 e. The Morgan fingerprint density at radius 2 is 1.42 bits per heavy atom. The summed E-state index contributed by atoms with van der Waals surface area (Å²) < 4.78 is 6.33. The fourth-order valence-electron chi connectivity index (χ4n) is 3.43. The Labute approximate surface area is 152 Å². The number of benzene rings is 3. The van der Waals surface area contributed by atoms with E-state index in [2.05, 4.69) is 38.1 Å². The highest BCUT2D eigenvalue weighted by Gasteiger charge is 2.29.